The molecule has 0 aromatic carbocycles. The minimum atomic E-state index is -2.78. The van der Waals surface area contributed by atoms with Crippen LogP contribution < -0.4 is 0 Å². The lowest BCUT2D eigenvalue weighted by Gasteiger charge is -2.30. The SMILES string of the molecule is [B]C1OC2(COC)COC1[C@H]2OP(C)(O)=S. The molecule has 2 bridgehead atoms. The molecule has 5 nitrogen and oxygen atoms in total. The van der Waals surface area contributed by atoms with Crippen LogP contribution in [0.5, 0.6) is 0 Å². The molecule has 2 saturated heterocycles. The predicted octanol–water partition coefficient (Wildman–Crippen LogP) is -0.388. The van der Waals surface area contributed by atoms with Crippen LogP contribution in [0.25, 0.3) is 0 Å². The number of methoxy groups -OCH3 is 1. The summed E-state index contributed by atoms with van der Waals surface area (Å²) in [6.45, 7) is -0.639. The maximum atomic E-state index is 9.62. The van der Waals surface area contributed by atoms with E-state index in [1.807, 2.05) is 0 Å². The van der Waals surface area contributed by atoms with E-state index < -0.39 is 24.2 Å². The molecule has 0 saturated carbocycles. The van der Waals surface area contributed by atoms with Gasteiger partial charge in [-0.25, -0.2) is 0 Å². The second-order valence-corrected chi connectivity index (χ2v) is 8.03. The Balaban J connectivity index is 2.19. The Kier molecular flexibility index (Phi) is 3.50. The van der Waals surface area contributed by atoms with Crippen molar-refractivity contribution in [1.82, 2.24) is 0 Å². The minimum absolute atomic E-state index is 0.303. The fourth-order valence-electron chi connectivity index (χ4n) is 2.18. The first kappa shape index (κ1) is 13.0. The summed E-state index contributed by atoms with van der Waals surface area (Å²) in [4.78, 5) is 9.62. The van der Waals surface area contributed by atoms with Crippen LogP contribution in [-0.2, 0) is 30.5 Å². The van der Waals surface area contributed by atoms with Crippen molar-refractivity contribution < 1.29 is 23.6 Å². The number of ether oxygens (including phenoxy) is 3. The number of rotatable bonds is 4. The van der Waals surface area contributed by atoms with Gasteiger partial charge in [-0.3, -0.25) is 0 Å². The molecule has 2 aliphatic rings. The van der Waals surface area contributed by atoms with E-state index in [2.05, 4.69) is 0 Å². The average molecular weight is 264 g/mol. The molecular formula is C8H14BO5PS. The topological polar surface area (TPSA) is 57.2 Å². The van der Waals surface area contributed by atoms with Gasteiger partial charge in [0.15, 0.2) is 6.49 Å². The molecule has 2 heterocycles. The normalized spacial score (nSPS) is 45.8. The summed E-state index contributed by atoms with van der Waals surface area (Å²) in [6, 6.07) is -0.560. The van der Waals surface area contributed by atoms with Crippen molar-refractivity contribution in [2.45, 2.75) is 23.8 Å². The van der Waals surface area contributed by atoms with Crippen molar-refractivity contribution in [3.8, 4) is 0 Å². The molecule has 0 spiro atoms. The molecule has 4 unspecified atom stereocenters. The van der Waals surface area contributed by atoms with Crippen LogP contribution in [0.15, 0.2) is 0 Å². The Morgan fingerprint density at radius 1 is 1.69 bits per heavy atom. The van der Waals surface area contributed by atoms with Gasteiger partial charge in [-0.2, -0.15) is 0 Å². The zero-order valence-electron chi connectivity index (χ0n) is 9.16. The van der Waals surface area contributed by atoms with Crippen LogP contribution in [0.3, 0.4) is 0 Å². The number of hydrogen-bond acceptors (Lipinski definition) is 5. The smallest absolute Gasteiger partial charge is 0.183 e. The van der Waals surface area contributed by atoms with Crippen molar-refractivity contribution in [3.05, 3.63) is 0 Å². The predicted molar refractivity (Wildman–Crippen MR) is 62.3 cm³/mol. The summed E-state index contributed by atoms with van der Waals surface area (Å²) in [5.74, 6) is 0. The highest BCUT2D eigenvalue weighted by Gasteiger charge is 2.61. The molecule has 90 valence electrons. The first-order valence-corrected chi connectivity index (χ1v) is 8.03. The lowest BCUT2D eigenvalue weighted by atomic mass is 9.92. The molecule has 0 aromatic rings. The molecule has 0 aromatic heterocycles. The minimum Gasteiger partial charge on any atom is -0.381 e. The Morgan fingerprint density at radius 3 is 2.88 bits per heavy atom. The van der Waals surface area contributed by atoms with E-state index in [1.165, 1.54) is 6.66 Å². The second kappa shape index (κ2) is 4.32. The van der Waals surface area contributed by atoms with Gasteiger partial charge < -0.3 is 23.6 Å². The van der Waals surface area contributed by atoms with Crippen molar-refractivity contribution in [2.75, 3.05) is 27.0 Å². The Labute approximate surface area is 101 Å². The first-order valence-electron chi connectivity index (χ1n) is 4.90. The Bertz CT molecular complexity index is 324. The van der Waals surface area contributed by atoms with Crippen LogP contribution in [-0.4, -0.2) is 63.5 Å². The van der Waals surface area contributed by atoms with Gasteiger partial charge in [-0.1, -0.05) is 0 Å². The molecule has 1 N–H and O–H groups in total. The van der Waals surface area contributed by atoms with Crippen LogP contribution in [0.1, 0.15) is 0 Å². The highest BCUT2D eigenvalue weighted by Crippen LogP contribution is 2.49. The molecule has 16 heavy (non-hydrogen) atoms. The molecule has 8 heteroatoms. The summed E-state index contributed by atoms with van der Waals surface area (Å²) in [5.41, 5.74) is -0.734. The van der Waals surface area contributed by atoms with E-state index in [9.17, 15) is 4.89 Å². The van der Waals surface area contributed by atoms with E-state index in [0.29, 0.717) is 13.2 Å². The van der Waals surface area contributed by atoms with Gasteiger partial charge in [0.2, 0.25) is 0 Å². The molecule has 2 rings (SSSR count). The molecule has 5 atom stereocenters. The molecule has 2 radical (unpaired) electrons. The van der Waals surface area contributed by atoms with Crippen molar-refractivity contribution in [3.63, 3.8) is 0 Å². The molecule has 0 aliphatic carbocycles. The summed E-state index contributed by atoms with van der Waals surface area (Å²) < 4.78 is 21.7. The second-order valence-electron chi connectivity index (χ2n) is 4.18. The van der Waals surface area contributed by atoms with Gasteiger partial charge in [-0.05, 0) is 11.8 Å². The zero-order valence-corrected chi connectivity index (χ0v) is 10.9. The first-order chi connectivity index (χ1) is 7.38. The van der Waals surface area contributed by atoms with E-state index in [-0.39, 0.29) is 6.10 Å². The van der Waals surface area contributed by atoms with Gasteiger partial charge >= 0.3 is 0 Å². The summed E-state index contributed by atoms with van der Waals surface area (Å²) >= 11 is 4.88. The lowest BCUT2D eigenvalue weighted by molar-refractivity contribution is -0.140. The van der Waals surface area contributed by atoms with Crippen LogP contribution in [0.4, 0.5) is 0 Å². The molecular weight excluding hydrogens is 250 g/mol. The van der Waals surface area contributed by atoms with E-state index in [4.69, 9.17) is 38.4 Å². The van der Waals surface area contributed by atoms with Crippen molar-refractivity contribution in [2.24, 2.45) is 0 Å². The van der Waals surface area contributed by atoms with E-state index in [1.54, 1.807) is 7.11 Å². The lowest BCUT2D eigenvalue weighted by Crippen LogP contribution is -2.45. The monoisotopic (exact) mass is 264 g/mol. The fourth-order valence-corrected chi connectivity index (χ4v) is 3.19. The van der Waals surface area contributed by atoms with Crippen LogP contribution in [0.2, 0.25) is 0 Å². The zero-order chi connectivity index (χ0) is 12.0. The van der Waals surface area contributed by atoms with Crippen LogP contribution >= 0.6 is 6.49 Å². The molecule has 0 amide bonds. The number of hydrogen-bond donors (Lipinski definition) is 1. The Hall–Kier alpha value is 0.515. The van der Waals surface area contributed by atoms with Gasteiger partial charge in [-0.15, -0.1) is 0 Å². The summed E-state index contributed by atoms with van der Waals surface area (Å²) in [6.07, 6.45) is -0.840. The van der Waals surface area contributed by atoms with E-state index in [0.717, 1.165) is 0 Å². The highest BCUT2D eigenvalue weighted by atomic mass is 32.5. The van der Waals surface area contributed by atoms with Crippen LogP contribution in [0, 0.1) is 0 Å². The quantitative estimate of drug-likeness (QED) is 0.551. The third-order valence-electron chi connectivity index (χ3n) is 2.73. The van der Waals surface area contributed by atoms with E-state index >= 15 is 0 Å². The standard InChI is InChI=1S/C8H14BO5PS/c1-11-3-8-4-12-5(7(9)13-8)6(8)14-15(2,10)16/h5-7H,3-4H2,1-2H3,(H,10,16)/t5?,6-,7?,8?,15?/m1/s1. The number of fused-ring (bicyclic) bond motifs is 2. The van der Waals surface area contributed by atoms with Gasteiger partial charge in [0.1, 0.15) is 25.7 Å². The van der Waals surface area contributed by atoms with Crippen molar-refractivity contribution >= 4 is 26.1 Å². The van der Waals surface area contributed by atoms with Gasteiger partial charge in [0.05, 0.1) is 13.2 Å². The molecule has 2 fully saturated rings. The fraction of sp³-hybridized carbons (Fsp3) is 1.00. The maximum Gasteiger partial charge on any atom is 0.183 e. The summed E-state index contributed by atoms with van der Waals surface area (Å²) in [7, 11) is 7.32. The largest absolute Gasteiger partial charge is 0.381 e. The highest BCUT2D eigenvalue weighted by molar-refractivity contribution is 8.09. The van der Waals surface area contributed by atoms with Gasteiger partial charge in [0, 0.05) is 19.8 Å². The average Bonchev–Trinajstić information content (AvgIpc) is 2.54. The Morgan fingerprint density at radius 2 is 2.38 bits per heavy atom. The van der Waals surface area contributed by atoms with Gasteiger partial charge in [0.25, 0.3) is 0 Å². The summed E-state index contributed by atoms with van der Waals surface area (Å²) in [5, 5.41) is 0. The maximum absolute atomic E-state index is 9.62. The third kappa shape index (κ3) is 2.23. The molecule has 2 aliphatic heterocycles. The third-order valence-corrected chi connectivity index (χ3v) is 3.61. The van der Waals surface area contributed by atoms with Crippen molar-refractivity contribution in [1.29, 1.82) is 0 Å².